The van der Waals surface area contributed by atoms with Crippen LogP contribution in [0.1, 0.15) is 45.0 Å². The fourth-order valence-corrected chi connectivity index (χ4v) is 2.71. The molecule has 0 saturated carbocycles. The number of amides is 1. The van der Waals surface area contributed by atoms with Crippen LogP contribution < -0.4 is 0 Å². The number of carbonyl (C=O) groups excluding carboxylic acids is 1. The monoisotopic (exact) mass is 329 g/mol. The molecule has 0 aliphatic carbocycles. The molecule has 5 nitrogen and oxygen atoms in total. The van der Waals surface area contributed by atoms with Gasteiger partial charge in [0.25, 0.3) is 0 Å². The normalized spacial score (nSPS) is 10.7. The number of nitrogens with zero attached hydrogens (tertiary/aromatic N) is 1. The predicted molar refractivity (Wildman–Crippen MR) is 91.1 cm³/mol. The average Bonchev–Trinajstić information content (AvgIpc) is 2.86. The molecule has 24 heavy (non-hydrogen) atoms. The Morgan fingerprint density at radius 2 is 1.88 bits per heavy atom. The van der Waals surface area contributed by atoms with E-state index in [1.807, 2.05) is 6.92 Å². The van der Waals surface area contributed by atoms with Crippen LogP contribution in [0.2, 0.25) is 0 Å². The highest BCUT2D eigenvalue weighted by atomic mass is 16.4. The van der Waals surface area contributed by atoms with Gasteiger partial charge in [0, 0.05) is 13.5 Å². The summed E-state index contributed by atoms with van der Waals surface area (Å²) in [4.78, 5) is 24.9. The Morgan fingerprint density at radius 3 is 2.46 bits per heavy atom. The lowest BCUT2D eigenvalue weighted by atomic mass is 10.0. The van der Waals surface area contributed by atoms with E-state index in [-0.39, 0.29) is 18.0 Å². The first-order valence-electron chi connectivity index (χ1n) is 7.90. The van der Waals surface area contributed by atoms with E-state index in [9.17, 15) is 9.59 Å². The molecule has 0 unspecified atom stereocenters. The zero-order valence-electron chi connectivity index (χ0n) is 14.5. The minimum atomic E-state index is -1.02. The van der Waals surface area contributed by atoms with Crippen molar-refractivity contribution in [3.8, 4) is 0 Å². The molecule has 0 spiro atoms. The molecule has 1 amide bonds. The number of aryl methyl sites for hydroxylation is 4. The molecule has 0 atom stereocenters. The van der Waals surface area contributed by atoms with Gasteiger partial charge in [0.15, 0.2) is 0 Å². The van der Waals surface area contributed by atoms with Crippen LogP contribution in [0.4, 0.5) is 0 Å². The van der Waals surface area contributed by atoms with Crippen molar-refractivity contribution in [3.63, 3.8) is 0 Å². The maximum absolute atomic E-state index is 12.3. The molecule has 0 bridgehead atoms. The average molecular weight is 329 g/mol. The largest absolute Gasteiger partial charge is 0.478 e. The number of hydrogen-bond donors (Lipinski definition) is 1. The number of carboxylic acids is 1. The lowest BCUT2D eigenvalue weighted by molar-refractivity contribution is -0.130. The summed E-state index contributed by atoms with van der Waals surface area (Å²) in [5, 5.41) is 9.04. The van der Waals surface area contributed by atoms with Gasteiger partial charge < -0.3 is 14.4 Å². The van der Waals surface area contributed by atoms with Gasteiger partial charge in [-0.3, -0.25) is 4.79 Å². The van der Waals surface area contributed by atoms with E-state index in [4.69, 9.17) is 9.52 Å². The van der Waals surface area contributed by atoms with Crippen LogP contribution in [0.15, 0.2) is 28.7 Å². The Labute approximate surface area is 141 Å². The number of aromatic carboxylic acids is 1. The van der Waals surface area contributed by atoms with Gasteiger partial charge in [0.1, 0.15) is 17.1 Å². The van der Waals surface area contributed by atoms with Gasteiger partial charge >= 0.3 is 5.97 Å². The zero-order chi connectivity index (χ0) is 17.9. The van der Waals surface area contributed by atoms with Crippen molar-refractivity contribution < 1.29 is 19.1 Å². The Hall–Kier alpha value is -2.56. The van der Waals surface area contributed by atoms with Crippen LogP contribution in [0.5, 0.6) is 0 Å². The second-order valence-corrected chi connectivity index (χ2v) is 6.17. The SMILES string of the molecule is Cc1ccc(CCC(=O)N(C)Cc2cc(C(=O)O)c(C)o2)c(C)c1. The van der Waals surface area contributed by atoms with Crippen LogP contribution >= 0.6 is 0 Å². The lowest BCUT2D eigenvalue weighted by Gasteiger charge is -2.16. The van der Waals surface area contributed by atoms with Crippen molar-refractivity contribution in [1.29, 1.82) is 0 Å². The number of hydrogen-bond acceptors (Lipinski definition) is 3. The molecular formula is C19H23NO4. The van der Waals surface area contributed by atoms with Crippen LogP contribution in [0.25, 0.3) is 0 Å². The fraction of sp³-hybridized carbons (Fsp3) is 0.368. The third-order valence-corrected chi connectivity index (χ3v) is 4.12. The summed E-state index contributed by atoms with van der Waals surface area (Å²) < 4.78 is 5.42. The second-order valence-electron chi connectivity index (χ2n) is 6.17. The topological polar surface area (TPSA) is 70.8 Å². The second kappa shape index (κ2) is 7.34. The van der Waals surface area contributed by atoms with Gasteiger partial charge in [0.05, 0.1) is 6.54 Å². The van der Waals surface area contributed by atoms with Crippen molar-refractivity contribution in [3.05, 3.63) is 58.0 Å². The van der Waals surface area contributed by atoms with Crippen molar-refractivity contribution in [2.24, 2.45) is 0 Å². The van der Waals surface area contributed by atoms with Crippen molar-refractivity contribution in [2.45, 2.75) is 40.2 Å². The highest BCUT2D eigenvalue weighted by Crippen LogP contribution is 2.17. The number of carbonyl (C=O) groups is 2. The third-order valence-electron chi connectivity index (χ3n) is 4.12. The first kappa shape index (κ1) is 17.8. The van der Waals surface area contributed by atoms with E-state index < -0.39 is 5.97 Å². The van der Waals surface area contributed by atoms with Crippen molar-refractivity contribution in [1.82, 2.24) is 4.90 Å². The number of rotatable bonds is 6. The molecule has 0 fully saturated rings. The van der Waals surface area contributed by atoms with Crippen LogP contribution in [0.3, 0.4) is 0 Å². The van der Waals surface area contributed by atoms with Gasteiger partial charge in [-0.25, -0.2) is 4.79 Å². The molecule has 1 N–H and O–H groups in total. The summed E-state index contributed by atoms with van der Waals surface area (Å²) in [6.45, 7) is 5.97. The first-order valence-corrected chi connectivity index (χ1v) is 7.90. The number of furan rings is 1. The maximum Gasteiger partial charge on any atom is 0.339 e. The molecule has 0 radical (unpaired) electrons. The maximum atomic E-state index is 12.3. The van der Waals surface area contributed by atoms with Gasteiger partial charge in [-0.2, -0.15) is 0 Å². The summed E-state index contributed by atoms with van der Waals surface area (Å²) in [7, 11) is 1.70. The summed E-state index contributed by atoms with van der Waals surface area (Å²) in [6.07, 6.45) is 1.10. The van der Waals surface area contributed by atoms with Crippen molar-refractivity contribution in [2.75, 3.05) is 7.05 Å². The van der Waals surface area contributed by atoms with Gasteiger partial charge in [-0.1, -0.05) is 23.8 Å². The molecule has 5 heteroatoms. The summed E-state index contributed by atoms with van der Waals surface area (Å²) in [5.74, 6) is -0.187. The van der Waals surface area contributed by atoms with E-state index in [1.165, 1.54) is 22.8 Å². The summed E-state index contributed by atoms with van der Waals surface area (Å²) >= 11 is 0. The van der Waals surface area contributed by atoms with Gasteiger partial charge in [0.2, 0.25) is 5.91 Å². The van der Waals surface area contributed by atoms with E-state index in [2.05, 4.69) is 25.1 Å². The Morgan fingerprint density at radius 1 is 1.17 bits per heavy atom. The highest BCUT2D eigenvalue weighted by Gasteiger charge is 2.17. The minimum absolute atomic E-state index is 0.000836. The molecule has 1 aromatic carbocycles. The molecule has 2 rings (SSSR count). The summed E-state index contributed by atoms with van der Waals surface area (Å²) in [5.41, 5.74) is 3.71. The van der Waals surface area contributed by atoms with E-state index in [0.717, 1.165) is 0 Å². The summed E-state index contributed by atoms with van der Waals surface area (Å²) in [6, 6.07) is 7.71. The molecule has 0 saturated heterocycles. The molecule has 0 aliphatic heterocycles. The van der Waals surface area contributed by atoms with Crippen LogP contribution in [-0.2, 0) is 17.8 Å². The Balaban J connectivity index is 1.94. The van der Waals surface area contributed by atoms with Gasteiger partial charge in [-0.15, -0.1) is 0 Å². The van der Waals surface area contributed by atoms with E-state index in [1.54, 1.807) is 18.9 Å². The lowest BCUT2D eigenvalue weighted by Crippen LogP contribution is -2.26. The van der Waals surface area contributed by atoms with E-state index in [0.29, 0.717) is 24.4 Å². The highest BCUT2D eigenvalue weighted by molar-refractivity contribution is 5.88. The molecule has 2 aromatic rings. The standard InChI is InChI=1S/C19H23NO4/c1-12-5-6-15(13(2)9-12)7-8-18(21)20(4)11-16-10-17(19(22)23)14(3)24-16/h5-6,9-10H,7-8,11H2,1-4H3,(H,22,23). The molecule has 0 aliphatic rings. The molecular weight excluding hydrogens is 306 g/mol. The van der Waals surface area contributed by atoms with Crippen molar-refractivity contribution >= 4 is 11.9 Å². The predicted octanol–water partition coefficient (Wildman–Crippen LogP) is 3.49. The quantitative estimate of drug-likeness (QED) is 0.880. The molecule has 1 heterocycles. The third kappa shape index (κ3) is 4.25. The fourth-order valence-electron chi connectivity index (χ4n) is 2.71. The smallest absolute Gasteiger partial charge is 0.339 e. The van der Waals surface area contributed by atoms with Gasteiger partial charge in [-0.05, 0) is 44.4 Å². The molecule has 1 aromatic heterocycles. The molecule has 128 valence electrons. The van der Waals surface area contributed by atoms with Crippen LogP contribution in [-0.4, -0.2) is 28.9 Å². The Bertz CT molecular complexity index is 761. The number of carboxylic acid groups (broad SMARTS) is 1. The Kier molecular flexibility index (Phi) is 5.44. The first-order chi connectivity index (χ1) is 11.3. The van der Waals surface area contributed by atoms with E-state index >= 15 is 0 Å². The minimum Gasteiger partial charge on any atom is -0.478 e. The zero-order valence-corrected chi connectivity index (χ0v) is 14.5. The van der Waals surface area contributed by atoms with Crippen LogP contribution in [0, 0.1) is 20.8 Å². The number of benzene rings is 1.